The molecule has 1 aromatic heterocycles. The van der Waals surface area contributed by atoms with E-state index < -0.39 is 5.97 Å². The van der Waals surface area contributed by atoms with Crippen LogP contribution in [-0.4, -0.2) is 36.6 Å². The van der Waals surface area contributed by atoms with Crippen molar-refractivity contribution in [3.8, 4) is 0 Å². The summed E-state index contributed by atoms with van der Waals surface area (Å²) in [5.74, 6) is -0.891. The molecule has 1 N–H and O–H groups in total. The molecule has 0 aliphatic rings. The van der Waals surface area contributed by atoms with Crippen LogP contribution >= 0.6 is 11.3 Å². The van der Waals surface area contributed by atoms with Gasteiger partial charge < -0.3 is 15.0 Å². The number of rotatable bonds is 7. The maximum Gasteiger partial charge on any atom is 0.350 e. The van der Waals surface area contributed by atoms with Gasteiger partial charge in [0.05, 0.1) is 10.7 Å². The van der Waals surface area contributed by atoms with Gasteiger partial charge in [0, 0.05) is 24.5 Å². The summed E-state index contributed by atoms with van der Waals surface area (Å²) >= 11 is 1.26. The van der Waals surface area contributed by atoms with E-state index in [4.69, 9.17) is 4.74 Å². The molecule has 1 aromatic carbocycles. The molecule has 0 unspecified atom stereocenters. The van der Waals surface area contributed by atoms with Gasteiger partial charge in [-0.15, -0.1) is 11.3 Å². The zero-order valence-electron chi connectivity index (χ0n) is 15.0. The highest BCUT2D eigenvalue weighted by Gasteiger charge is 2.16. The molecule has 0 aliphatic heterocycles. The van der Waals surface area contributed by atoms with Crippen LogP contribution < -0.4 is 10.2 Å². The summed E-state index contributed by atoms with van der Waals surface area (Å²) in [7, 11) is 0. The number of aromatic nitrogens is 1. The van der Waals surface area contributed by atoms with Crippen LogP contribution in [-0.2, 0) is 9.53 Å². The van der Waals surface area contributed by atoms with E-state index in [1.165, 1.54) is 11.3 Å². The lowest BCUT2D eigenvalue weighted by molar-refractivity contribution is -0.119. The maximum absolute atomic E-state index is 12.0. The molecular formula is C18H23N3O3S. The summed E-state index contributed by atoms with van der Waals surface area (Å²) < 4.78 is 5.06. The van der Waals surface area contributed by atoms with E-state index in [0.29, 0.717) is 16.3 Å². The Morgan fingerprint density at radius 1 is 1.16 bits per heavy atom. The molecule has 0 saturated heterocycles. The third kappa shape index (κ3) is 5.03. The summed E-state index contributed by atoms with van der Waals surface area (Å²) in [4.78, 5) is 30.8. The van der Waals surface area contributed by atoms with E-state index >= 15 is 0 Å². The minimum atomic E-state index is -0.518. The molecular weight excluding hydrogens is 338 g/mol. The van der Waals surface area contributed by atoms with Crippen molar-refractivity contribution in [2.45, 2.75) is 27.7 Å². The minimum absolute atomic E-state index is 0.326. The molecule has 0 radical (unpaired) electrons. The van der Waals surface area contributed by atoms with Gasteiger partial charge in [-0.1, -0.05) is 0 Å². The summed E-state index contributed by atoms with van der Waals surface area (Å²) in [6.07, 6.45) is 0. The first-order chi connectivity index (χ1) is 11.9. The second-order valence-electron chi connectivity index (χ2n) is 5.49. The minimum Gasteiger partial charge on any atom is -0.451 e. The number of nitrogens with zero attached hydrogens (tertiary/aromatic N) is 2. The lowest BCUT2D eigenvalue weighted by Gasteiger charge is -2.21. The summed E-state index contributed by atoms with van der Waals surface area (Å²) in [6.45, 7) is 9.29. The van der Waals surface area contributed by atoms with E-state index in [1.54, 1.807) is 6.92 Å². The van der Waals surface area contributed by atoms with Gasteiger partial charge in [0.25, 0.3) is 5.91 Å². The van der Waals surface area contributed by atoms with E-state index in [1.807, 2.05) is 31.2 Å². The fourth-order valence-electron chi connectivity index (χ4n) is 2.46. The Hall–Kier alpha value is -2.41. The Morgan fingerprint density at radius 3 is 2.32 bits per heavy atom. The van der Waals surface area contributed by atoms with Gasteiger partial charge in [-0.3, -0.25) is 4.79 Å². The van der Waals surface area contributed by atoms with Crippen LogP contribution in [0.1, 0.15) is 34.2 Å². The van der Waals surface area contributed by atoms with E-state index in [0.717, 1.165) is 23.8 Å². The lowest BCUT2D eigenvalue weighted by atomic mass is 10.2. The first-order valence-corrected chi connectivity index (χ1v) is 9.02. The highest BCUT2D eigenvalue weighted by molar-refractivity contribution is 7.13. The average Bonchev–Trinajstić information content (AvgIpc) is 2.94. The molecule has 0 atom stereocenters. The van der Waals surface area contributed by atoms with Crippen LogP contribution in [0, 0.1) is 13.8 Å². The number of nitrogens with one attached hydrogen (secondary N) is 1. The second kappa shape index (κ2) is 8.62. The molecule has 1 heterocycles. The van der Waals surface area contributed by atoms with Gasteiger partial charge in [0.15, 0.2) is 6.61 Å². The molecule has 2 aromatic rings. The van der Waals surface area contributed by atoms with Gasteiger partial charge in [0.1, 0.15) is 4.88 Å². The van der Waals surface area contributed by atoms with Gasteiger partial charge in [0.2, 0.25) is 0 Å². The lowest BCUT2D eigenvalue weighted by Crippen LogP contribution is -2.22. The van der Waals surface area contributed by atoms with Crippen LogP contribution in [0.15, 0.2) is 24.3 Å². The fourth-order valence-corrected chi connectivity index (χ4v) is 3.27. The molecule has 0 saturated carbocycles. The third-order valence-corrected chi connectivity index (χ3v) is 4.76. The normalized spacial score (nSPS) is 10.4. The number of hydrogen-bond donors (Lipinski definition) is 1. The molecule has 0 bridgehead atoms. The Labute approximate surface area is 151 Å². The van der Waals surface area contributed by atoms with E-state index in [2.05, 4.69) is 29.0 Å². The van der Waals surface area contributed by atoms with Crippen molar-refractivity contribution in [1.82, 2.24) is 4.98 Å². The summed E-state index contributed by atoms with van der Waals surface area (Å²) in [5.41, 5.74) is 2.40. The zero-order chi connectivity index (χ0) is 18.4. The van der Waals surface area contributed by atoms with Gasteiger partial charge in [-0.05, 0) is 52.0 Å². The molecule has 2 rings (SSSR count). The standard InChI is InChI=1S/C18H23N3O3S/c1-5-21(6-2)15-9-7-14(8-10-15)20-16(22)11-24-18(23)17-12(3)19-13(4)25-17/h7-10H,5-6,11H2,1-4H3,(H,20,22). The largest absolute Gasteiger partial charge is 0.451 e. The highest BCUT2D eigenvalue weighted by atomic mass is 32.1. The maximum atomic E-state index is 12.0. The molecule has 1 amide bonds. The topological polar surface area (TPSA) is 71.5 Å². The number of amides is 1. The Balaban J connectivity index is 1.88. The average molecular weight is 361 g/mol. The van der Waals surface area contributed by atoms with Crippen LogP contribution in [0.4, 0.5) is 11.4 Å². The number of ether oxygens (including phenoxy) is 1. The number of benzene rings is 1. The molecule has 0 spiro atoms. The quantitative estimate of drug-likeness (QED) is 0.765. The molecule has 0 aliphatic carbocycles. The van der Waals surface area contributed by atoms with Crippen LogP contribution in [0.5, 0.6) is 0 Å². The SMILES string of the molecule is CCN(CC)c1ccc(NC(=O)COC(=O)c2sc(C)nc2C)cc1. The van der Waals surface area contributed by atoms with Crippen molar-refractivity contribution in [2.24, 2.45) is 0 Å². The number of hydrogen-bond acceptors (Lipinski definition) is 6. The summed E-state index contributed by atoms with van der Waals surface area (Å²) in [5, 5.41) is 3.52. The Morgan fingerprint density at radius 2 is 1.80 bits per heavy atom. The zero-order valence-corrected chi connectivity index (χ0v) is 15.8. The van der Waals surface area contributed by atoms with Crippen molar-refractivity contribution in [3.63, 3.8) is 0 Å². The van der Waals surface area contributed by atoms with Gasteiger partial charge >= 0.3 is 5.97 Å². The smallest absolute Gasteiger partial charge is 0.350 e. The van der Waals surface area contributed by atoms with Crippen LogP contribution in [0.3, 0.4) is 0 Å². The van der Waals surface area contributed by atoms with Crippen molar-refractivity contribution >= 4 is 34.6 Å². The number of thiazole rings is 1. The first-order valence-electron chi connectivity index (χ1n) is 8.20. The Kier molecular flexibility index (Phi) is 6.52. The van der Waals surface area contributed by atoms with E-state index in [9.17, 15) is 9.59 Å². The van der Waals surface area contributed by atoms with Gasteiger partial charge in [-0.2, -0.15) is 0 Å². The molecule has 0 fully saturated rings. The first kappa shape index (κ1) is 18.9. The van der Waals surface area contributed by atoms with Gasteiger partial charge in [-0.25, -0.2) is 9.78 Å². The Bertz CT molecular complexity index is 737. The van der Waals surface area contributed by atoms with Crippen LogP contribution in [0.2, 0.25) is 0 Å². The predicted molar refractivity (Wildman–Crippen MR) is 101 cm³/mol. The van der Waals surface area contributed by atoms with Crippen molar-refractivity contribution < 1.29 is 14.3 Å². The number of esters is 1. The molecule has 7 heteroatoms. The molecule has 25 heavy (non-hydrogen) atoms. The highest BCUT2D eigenvalue weighted by Crippen LogP contribution is 2.19. The molecule has 134 valence electrons. The van der Waals surface area contributed by atoms with Crippen molar-refractivity contribution in [2.75, 3.05) is 29.9 Å². The monoisotopic (exact) mass is 361 g/mol. The van der Waals surface area contributed by atoms with Crippen molar-refractivity contribution in [3.05, 3.63) is 39.8 Å². The summed E-state index contributed by atoms with van der Waals surface area (Å²) in [6, 6.07) is 7.59. The molecule has 6 nitrogen and oxygen atoms in total. The predicted octanol–water partition coefficient (Wildman–Crippen LogP) is 3.40. The number of anilines is 2. The second-order valence-corrected chi connectivity index (χ2v) is 6.69. The third-order valence-electron chi connectivity index (χ3n) is 3.70. The number of aryl methyl sites for hydroxylation is 2. The van der Waals surface area contributed by atoms with Crippen molar-refractivity contribution in [1.29, 1.82) is 0 Å². The van der Waals surface area contributed by atoms with Crippen LogP contribution in [0.25, 0.3) is 0 Å². The number of carbonyl (C=O) groups is 2. The number of carbonyl (C=O) groups excluding carboxylic acids is 2. The van der Waals surface area contributed by atoms with E-state index in [-0.39, 0.29) is 12.5 Å². The fraction of sp³-hybridized carbons (Fsp3) is 0.389.